The van der Waals surface area contributed by atoms with E-state index >= 15 is 0 Å². The highest BCUT2D eigenvalue weighted by atomic mass is 35.5. The lowest BCUT2D eigenvalue weighted by Crippen LogP contribution is -2.34. The lowest BCUT2D eigenvalue weighted by atomic mass is 9.96. The zero-order chi connectivity index (χ0) is 17.7. The number of ether oxygens (including phenoxy) is 1. The number of carbonyl (C=O) groups is 1. The Balaban J connectivity index is 2.25. The van der Waals surface area contributed by atoms with Crippen molar-refractivity contribution in [1.29, 1.82) is 5.26 Å². The van der Waals surface area contributed by atoms with Crippen molar-refractivity contribution in [1.82, 2.24) is 5.32 Å². The third-order valence-electron chi connectivity index (χ3n) is 4.29. The minimum atomic E-state index is -3.64. The number of sulfone groups is 1. The van der Waals surface area contributed by atoms with Crippen molar-refractivity contribution in [2.75, 3.05) is 20.3 Å². The molecule has 2 rings (SSSR count). The van der Waals surface area contributed by atoms with Crippen molar-refractivity contribution < 1.29 is 17.9 Å². The van der Waals surface area contributed by atoms with E-state index in [1.165, 1.54) is 19.2 Å². The quantitative estimate of drug-likeness (QED) is 0.770. The Hall–Kier alpha value is -1.62. The molecule has 0 radical (unpaired) electrons. The number of nitrogens with one attached hydrogen (secondary N) is 1. The smallest absolute Gasteiger partial charge is 0.224 e. The van der Waals surface area contributed by atoms with Crippen LogP contribution in [0.4, 0.5) is 0 Å². The minimum Gasteiger partial charge on any atom is -0.384 e. The molecule has 1 N–H and O–H groups in total. The molecule has 0 aromatic heterocycles. The van der Waals surface area contributed by atoms with Crippen LogP contribution in [0.1, 0.15) is 12.8 Å². The molecule has 3 atom stereocenters. The number of halogens is 1. The lowest BCUT2D eigenvalue weighted by molar-refractivity contribution is -0.126. The molecule has 1 aromatic rings. The monoisotopic (exact) mass is 370 g/mol. The summed E-state index contributed by atoms with van der Waals surface area (Å²) in [5, 5.41) is 10.6. The van der Waals surface area contributed by atoms with Crippen LogP contribution in [0.25, 0.3) is 0 Å². The van der Waals surface area contributed by atoms with Crippen molar-refractivity contribution in [2.45, 2.75) is 23.0 Å². The van der Waals surface area contributed by atoms with Gasteiger partial charge in [-0.1, -0.05) is 23.7 Å². The molecule has 6 nitrogen and oxygen atoms in total. The molecule has 1 fully saturated rings. The van der Waals surface area contributed by atoms with Gasteiger partial charge in [-0.2, -0.15) is 5.26 Å². The molecule has 0 unspecified atom stereocenters. The van der Waals surface area contributed by atoms with Gasteiger partial charge in [0.05, 0.1) is 21.2 Å². The Kier molecular flexibility index (Phi) is 6.21. The zero-order valence-corrected chi connectivity index (χ0v) is 14.8. The normalized spacial score (nSPS) is 23.6. The molecule has 0 spiro atoms. The molecular formula is C16H19ClN2O4S. The summed E-state index contributed by atoms with van der Waals surface area (Å²) in [5.74, 6) is -1.02. The number of nitrogens with zero attached hydrogens (tertiary/aromatic N) is 1. The van der Waals surface area contributed by atoms with Crippen molar-refractivity contribution in [3.05, 3.63) is 29.3 Å². The molecule has 1 saturated carbocycles. The number of carbonyl (C=O) groups excluding carboxylic acids is 1. The highest BCUT2D eigenvalue weighted by Crippen LogP contribution is 2.39. The summed E-state index contributed by atoms with van der Waals surface area (Å²) in [6.45, 7) is 0.191. The van der Waals surface area contributed by atoms with E-state index in [1.54, 1.807) is 12.1 Å². The Morgan fingerprint density at radius 2 is 2.12 bits per heavy atom. The molecule has 1 aromatic carbocycles. The molecule has 0 bridgehead atoms. The fraction of sp³-hybridized carbons (Fsp3) is 0.500. The van der Waals surface area contributed by atoms with Crippen LogP contribution in [0.3, 0.4) is 0 Å². The van der Waals surface area contributed by atoms with E-state index in [1.807, 2.05) is 6.07 Å². The van der Waals surface area contributed by atoms with E-state index in [2.05, 4.69) is 5.32 Å². The fourth-order valence-corrected chi connectivity index (χ4v) is 5.55. The van der Waals surface area contributed by atoms with Gasteiger partial charge >= 0.3 is 0 Å². The first kappa shape index (κ1) is 18.7. The highest BCUT2D eigenvalue weighted by molar-refractivity contribution is 7.92. The van der Waals surface area contributed by atoms with Crippen molar-refractivity contribution in [2.24, 2.45) is 11.8 Å². The molecule has 1 aliphatic carbocycles. The van der Waals surface area contributed by atoms with E-state index in [0.717, 1.165) is 0 Å². The number of benzene rings is 1. The predicted octanol–water partition coefficient (Wildman–Crippen LogP) is 1.79. The summed E-state index contributed by atoms with van der Waals surface area (Å²) in [6, 6.07) is 8.15. The van der Waals surface area contributed by atoms with Crippen LogP contribution < -0.4 is 5.32 Å². The van der Waals surface area contributed by atoms with Crippen LogP contribution in [0, 0.1) is 23.2 Å². The van der Waals surface area contributed by atoms with E-state index in [4.69, 9.17) is 21.6 Å². The van der Waals surface area contributed by atoms with Crippen LogP contribution in [-0.4, -0.2) is 39.8 Å². The standard InChI is InChI=1S/C16H19ClN2O4S/c1-23-10-11-8-12(9-13(11)16(20)19-7-6-18)24(21,22)15-5-3-2-4-14(15)17/h2-5,11-13H,7-10H2,1H3,(H,19,20)/t11-,12+,13+/m0/s1. The second-order valence-electron chi connectivity index (χ2n) is 5.77. The summed E-state index contributed by atoms with van der Waals surface area (Å²) in [7, 11) is -2.13. The van der Waals surface area contributed by atoms with Gasteiger partial charge in [0.2, 0.25) is 5.91 Å². The molecule has 24 heavy (non-hydrogen) atoms. The van der Waals surface area contributed by atoms with Gasteiger partial charge in [0.1, 0.15) is 6.54 Å². The van der Waals surface area contributed by atoms with Crippen molar-refractivity contribution in [3.63, 3.8) is 0 Å². The topological polar surface area (TPSA) is 96.3 Å². The third kappa shape index (κ3) is 3.89. The molecular weight excluding hydrogens is 352 g/mol. The number of nitriles is 1. The van der Waals surface area contributed by atoms with Gasteiger partial charge in [0.25, 0.3) is 0 Å². The van der Waals surface area contributed by atoms with E-state index in [0.29, 0.717) is 13.0 Å². The Morgan fingerprint density at radius 1 is 1.42 bits per heavy atom. The Morgan fingerprint density at radius 3 is 2.75 bits per heavy atom. The molecule has 0 aliphatic heterocycles. The summed E-state index contributed by atoms with van der Waals surface area (Å²) in [6.07, 6.45) is 0.519. The van der Waals surface area contributed by atoms with Gasteiger partial charge in [-0.25, -0.2) is 8.42 Å². The fourth-order valence-electron chi connectivity index (χ4n) is 3.16. The summed E-state index contributed by atoms with van der Waals surface area (Å²) >= 11 is 6.03. The number of hydrogen-bond donors (Lipinski definition) is 1. The van der Waals surface area contributed by atoms with E-state index in [-0.39, 0.29) is 34.7 Å². The first-order valence-electron chi connectivity index (χ1n) is 7.53. The average molecular weight is 371 g/mol. The second kappa shape index (κ2) is 7.97. The van der Waals surface area contributed by atoms with Crippen LogP contribution in [-0.2, 0) is 19.4 Å². The molecule has 1 aliphatic rings. The predicted molar refractivity (Wildman–Crippen MR) is 89.1 cm³/mol. The van der Waals surface area contributed by atoms with Crippen LogP contribution in [0.2, 0.25) is 5.02 Å². The first-order chi connectivity index (χ1) is 11.4. The molecule has 0 saturated heterocycles. The van der Waals surface area contributed by atoms with Crippen molar-refractivity contribution >= 4 is 27.3 Å². The van der Waals surface area contributed by atoms with Gasteiger partial charge in [-0.3, -0.25) is 4.79 Å². The van der Waals surface area contributed by atoms with Crippen LogP contribution in [0.5, 0.6) is 0 Å². The number of rotatable bonds is 6. The third-order valence-corrected chi connectivity index (χ3v) is 6.97. The van der Waals surface area contributed by atoms with Gasteiger partial charge in [0, 0.05) is 19.6 Å². The van der Waals surface area contributed by atoms with Gasteiger partial charge in [0.15, 0.2) is 9.84 Å². The van der Waals surface area contributed by atoms with Gasteiger partial charge in [-0.15, -0.1) is 0 Å². The molecule has 1 amide bonds. The SMILES string of the molecule is COC[C@@H]1C[C@@H](S(=O)(=O)c2ccccc2Cl)C[C@H]1C(=O)NCC#N. The van der Waals surface area contributed by atoms with Crippen LogP contribution in [0.15, 0.2) is 29.2 Å². The Bertz CT molecular complexity index is 745. The summed E-state index contributed by atoms with van der Waals surface area (Å²) in [5.41, 5.74) is 0. The van der Waals surface area contributed by atoms with Gasteiger partial charge in [-0.05, 0) is 30.9 Å². The molecule has 8 heteroatoms. The maximum Gasteiger partial charge on any atom is 0.224 e. The van der Waals surface area contributed by atoms with Gasteiger partial charge < -0.3 is 10.1 Å². The number of methoxy groups -OCH3 is 1. The van der Waals surface area contributed by atoms with Crippen molar-refractivity contribution in [3.8, 4) is 6.07 Å². The molecule has 0 heterocycles. The maximum atomic E-state index is 12.9. The average Bonchev–Trinajstić information content (AvgIpc) is 2.98. The largest absolute Gasteiger partial charge is 0.384 e. The Labute approximate surface area is 146 Å². The van der Waals surface area contributed by atoms with E-state index in [9.17, 15) is 13.2 Å². The zero-order valence-electron chi connectivity index (χ0n) is 13.2. The minimum absolute atomic E-state index is 0.0888. The molecule has 130 valence electrons. The summed E-state index contributed by atoms with van der Waals surface area (Å²) < 4.78 is 30.9. The number of hydrogen-bond acceptors (Lipinski definition) is 5. The first-order valence-corrected chi connectivity index (χ1v) is 9.46. The van der Waals surface area contributed by atoms with Crippen LogP contribution >= 0.6 is 11.6 Å². The highest BCUT2D eigenvalue weighted by Gasteiger charge is 2.44. The number of amides is 1. The maximum absolute atomic E-state index is 12.9. The lowest BCUT2D eigenvalue weighted by Gasteiger charge is -2.16. The summed E-state index contributed by atoms with van der Waals surface area (Å²) in [4.78, 5) is 12.3. The second-order valence-corrected chi connectivity index (χ2v) is 8.37. The van der Waals surface area contributed by atoms with E-state index < -0.39 is 21.0 Å².